The van der Waals surface area contributed by atoms with E-state index in [0.29, 0.717) is 0 Å². The Bertz CT molecular complexity index is 372. The van der Waals surface area contributed by atoms with Gasteiger partial charge in [-0.15, -0.1) is 0 Å². The molecule has 0 amide bonds. The number of carboxylic acid groups (broad SMARTS) is 1. The molecule has 0 aliphatic rings. The second-order valence-electron chi connectivity index (χ2n) is 2.70. The summed E-state index contributed by atoms with van der Waals surface area (Å²) >= 11 is 0. The maximum absolute atomic E-state index is 12.7. The van der Waals surface area contributed by atoms with Crippen molar-refractivity contribution < 1.29 is 19.4 Å². The van der Waals surface area contributed by atoms with Crippen molar-refractivity contribution in [3.8, 4) is 5.75 Å². The van der Waals surface area contributed by atoms with Gasteiger partial charge in [0.05, 0.1) is 6.42 Å². The van der Waals surface area contributed by atoms with Crippen LogP contribution in [0.15, 0.2) is 24.3 Å². The lowest BCUT2D eigenvalue weighted by Gasteiger charge is -1.97. The Kier molecular flexibility index (Phi) is 3.23. The zero-order valence-corrected chi connectivity index (χ0v) is 7.27. The first kappa shape index (κ1) is 10.2. The topological polar surface area (TPSA) is 57.5 Å². The van der Waals surface area contributed by atoms with Gasteiger partial charge in [0.25, 0.3) is 0 Å². The Morgan fingerprint density at radius 1 is 1.50 bits per heavy atom. The van der Waals surface area contributed by atoms with Gasteiger partial charge in [0.2, 0.25) is 0 Å². The van der Waals surface area contributed by atoms with Crippen molar-refractivity contribution in [1.82, 2.24) is 0 Å². The highest BCUT2D eigenvalue weighted by Crippen LogP contribution is 2.19. The largest absolute Gasteiger partial charge is 0.507 e. The average Bonchev–Trinajstić information content (AvgIpc) is 2.10. The van der Waals surface area contributed by atoms with Crippen molar-refractivity contribution in [1.29, 1.82) is 0 Å². The molecule has 0 aromatic heterocycles. The van der Waals surface area contributed by atoms with Crippen molar-refractivity contribution in [2.24, 2.45) is 0 Å². The summed E-state index contributed by atoms with van der Waals surface area (Å²) in [4.78, 5) is 10.2. The fraction of sp³-hybridized carbons (Fsp3) is 0.100. The monoisotopic (exact) mass is 196 g/mol. The lowest BCUT2D eigenvalue weighted by atomic mass is 10.1. The SMILES string of the molecule is O=C(O)CC=Cc1cc(F)ccc1O. The molecule has 14 heavy (non-hydrogen) atoms. The summed E-state index contributed by atoms with van der Waals surface area (Å²) in [6.07, 6.45) is 2.55. The number of rotatable bonds is 3. The zero-order chi connectivity index (χ0) is 10.6. The van der Waals surface area contributed by atoms with Crippen molar-refractivity contribution in [2.75, 3.05) is 0 Å². The van der Waals surface area contributed by atoms with E-state index in [9.17, 15) is 14.3 Å². The van der Waals surface area contributed by atoms with Crippen molar-refractivity contribution in [2.45, 2.75) is 6.42 Å². The van der Waals surface area contributed by atoms with Gasteiger partial charge in [0, 0.05) is 5.56 Å². The van der Waals surface area contributed by atoms with E-state index in [0.717, 1.165) is 12.1 Å². The van der Waals surface area contributed by atoms with Crippen LogP contribution in [0.2, 0.25) is 0 Å². The summed E-state index contributed by atoms with van der Waals surface area (Å²) in [5.41, 5.74) is 0.270. The third-order valence-electron chi connectivity index (χ3n) is 1.58. The number of carbonyl (C=O) groups is 1. The molecule has 0 spiro atoms. The molecule has 0 unspecified atom stereocenters. The first-order valence-corrected chi connectivity index (χ1v) is 3.96. The molecule has 0 radical (unpaired) electrons. The van der Waals surface area contributed by atoms with Gasteiger partial charge in [-0.3, -0.25) is 4.79 Å². The minimum absolute atomic E-state index is 0.0759. The maximum atomic E-state index is 12.7. The molecule has 4 heteroatoms. The summed E-state index contributed by atoms with van der Waals surface area (Å²) in [5, 5.41) is 17.6. The van der Waals surface area contributed by atoms with Crippen LogP contribution >= 0.6 is 0 Å². The van der Waals surface area contributed by atoms with E-state index in [1.807, 2.05) is 0 Å². The fourth-order valence-electron chi connectivity index (χ4n) is 0.946. The Balaban J connectivity index is 2.80. The molecule has 1 aromatic rings. The number of hydrogen-bond donors (Lipinski definition) is 2. The van der Waals surface area contributed by atoms with E-state index >= 15 is 0 Å². The van der Waals surface area contributed by atoms with Gasteiger partial charge in [0.1, 0.15) is 11.6 Å². The second kappa shape index (κ2) is 4.41. The standard InChI is InChI=1S/C10H9FO3/c11-8-4-5-9(12)7(6-8)2-1-3-10(13)14/h1-2,4-6,12H,3H2,(H,13,14). The quantitative estimate of drug-likeness (QED) is 0.777. The van der Waals surface area contributed by atoms with Gasteiger partial charge in [0.15, 0.2) is 0 Å². The third kappa shape index (κ3) is 2.90. The number of hydrogen-bond acceptors (Lipinski definition) is 2. The highest BCUT2D eigenvalue weighted by Gasteiger charge is 1.99. The van der Waals surface area contributed by atoms with Crippen molar-refractivity contribution >= 4 is 12.0 Å². The van der Waals surface area contributed by atoms with Crippen LogP contribution < -0.4 is 0 Å². The van der Waals surface area contributed by atoms with Crippen LogP contribution in [-0.4, -0.2) is 16.2 Å². The van der Waals surface area contributed by atoms with Crippen molar-refractivity contribution in [3.05, 3.63) is 35.7 Å². The molecule has 3 nitrogen and oxygen atoms in total. The molecule has 0 saturated carbocycles. The fourth-order valence-corrected chi connectivity index (χ4v) is 0.946. The van der Waals surface area contributed by atoms with E-state index < -0.39 is 11.8 Å². The summed E-state index contributed by atoms with van der Waals surface area (Å²) in [6.45, 7) is 0. The molecular weight excluding hydrogens is 187 g/mol. The number of aliphatic carboxylic acids is 1. The number of phenolic OH excluding ortho intramolecular Hbond substituents is 1. The first-order chi connectivity index (χ1) is 6.59. The van der Waals surface area contributed by atoms with E-state index in [1.165, 1.54) is 18.2 Å². The van der Waals surface area contributed by atoms with E-state index in [4.69, 9.17) is 5.11 Å². The highest BCUT2D eigenvalue weighted by molar-refractivity contribution is 5.71. The molecule has 2 N–H and O–H groups in total. The molecule has 0 fully saturated rings. The molecule has 1 aromatic carbocycles. The number of carboxylic acids is 1. The summed E-state index contributed by atoms with van der Waals surface area (Å²) < 4.78 is 12.7. The highest BCUT2D eigenvalue weighted by atomic mass is 19.1. The normalized spacial score (nSPS) is 10.6. The van der Waals surface area contributed by atoms with Gasteiger partial charge >= 0.3 is 5.97 Å². The maximum Gasteiger partial charge on any atom is 0.307 e. The van der Waals surface area contributed by atoms with Gasteiger partial charge < -0.3 is 10.2 Å². The van der Waals surface area contributed by atoms with Crippen molar-refractivity contribution in [3.63, 3.8) is 0 Å². The Morgan fingerprint density at radius 3 is 2.86 bits per heavy atom. The van der Waals surface area contributed by atoms with Crippen LogP contribution in [0.1, 0.15) is 12.0 Å². The van der Waals surface area contributed by atoms with Crippen LogP contribution in [0.25, 0.3) is 6.08 Å². The van der Waals surface area contributed by atoms with Crippen LogP contribution in [0.3, 0.4) is 0 Å². The van der Waals surface area contributed by atoms with Crippen LogP contribution in [0.5, 0.6) is 5.75 Å². The predicted molar refractivity (Wildman–Crippen MR) is 49.4 cm³/mol. The Hall–Kier alpha value is -1.84. The van der Waals surface area contributed by atoms with Gasteiger partial charge in [-0.1, -0.05) is 12.2 Å². The van der Waals surface area contributed by atoms with Crippen LogP contribution in [0, 0.1) is 5.82 Å². The molecule has 0 bridgehead atoms. The van der Waals surface area contributed by atoms with E-state index in [1.54, 1.807) is 0 Å². The summed E-state index contributed by atoms with van der Waals surface area (Å²) in [7, 11) is 0. The number of halogens is 1. The van der Waals surface area contributed by atoms with Crippen LogP contribution in [-0.2, 0) is 4.79 Å². The molecular formula is C10H9FO3. The smallest absolute Gasteiger partial charge is 0.307 e. The minimum Gasteiger partial charge on any atom is -0.507 e. The number of aromatic hydroxyl groups is 1. The van der Waals surface area contributed by atoms with Gasteiger partial charge in [-0.2, -0.15) is 0 Å². The lowest BCUT2D eigenvalue weighted by molar-refractivity contribution is -0.135. The summed E-state index contributed by atoms with van der Waals surface area (Å²) in [6, 6.07) is 3.48. The minimum atomic E-state index is -0.975. The van der Waals surface area contributed by atoms with Gasteiger partial charge in [-0.25, -0.2) is 4.39 Å². The average molecular weight is 196 g/mol. The van der Waals surface area contributed by atoms with E-state index in [2.05, 4.69) is 0 Å². The third-order valence-corrected chi connectivity index (χ3v) is 1.58. The number of benzene rings is 1. The van der Waals surface area contributed by atoms with Crippen LogP contribution in [0.4, 0.5) is 4.39 Å². The van der Waals surface area contributed by atoms with E-state index in [-0.39, 0.29) is 17.7 Å². The molecule has 0 aliphatic carbocycles. The van der Waals surface area contributed by atoms with Gasteiger partial charge in [-0.05, 0) is 18.2 Å². The molecule has 0 aliphatic heterocycles. The molecule has 1 rings (SSSR count). The Morgan fingerprint density at radius 2 is 2.21 bits per heavy atom. The second-order valence-corrected chi connectivity index (χ2v) is 2.70. The Labute approximate surface area is 80.1 Å². The predicted octanol–water partition coefficient (Wildman–Crippen LogP) is 2.02. The molecule has 0 atom stereocenters. The zero-order valence-electron chi connectivity index (χ0n) is 7.27. The molecule has 74 valence electrons. The molecule has 0 heterocycles. The lowest BCUT2D eigenvalue weighted by Crippen LogP contribution is -1.89. The molecule has 0 saturated heterocycles. The number of phenols is 1. The first-order valence-electron chi connectivity index (χ1n) is 3.96. The summed E-state index contributed by atoms with van der Waals surface area (Å²) in [5.74, 6) is -1.53.